The van der Waals surface area contributed by atoms with Gasteiger partial charge in [0.25, 0.3) is 10.1 Å². The molecule has 4 aliphatic rings. The Kier molecular flexibility index (Phi) is 5.17. The van der Waals surface area contributed by atoms with Gasteiger partial charge in [0, 0.05) is 17.8 Å². The van der Waals surface area contributed by atoms with Gasteiger partial charge >= 0.3 is 0 Å². The van der Waals surface area contributed by atoms with Gasteiger partial charge in [-0.25, -0.2) is 0 Å². The van der Waals surface area contributed by atoms with E-state index >= 15 is 0 Å². The van der Waals surface area contributed by atoms with Gasteiger partial charge < -0.3 is 0 Å². The van der Waals surface area contributed by atoms with Gasteiger partial charge in [0.2, 0.25) is 0 Å². The Labute approximate surface area is 187 Å². The zero-order chi connectivity index (χ0) is 22.0. The summed E-state index contributed by atoms with van der Waals surface area (Å²) in [4.78, 5) is 13.5. The fourth-order valence-electron chi connectivity index (χ4n) is 8.10. The highest BCUT2D eigenvalue weighted by Gasteiger charge is 2.63. The van der Waals surface area contributed by atoms with Crippen molar-refractivity contribution in [2.24, 2.45) is 34.5 Å². The molecule has 0 N–H and O–H groups in total. The highest BCUT2D eigenvalue weighted by atomic mass is 32.2. The highest BCUT2D eigenvalue weighted by Crippen LogP contribution is 2.66. The number of Topliss-reactive ketones (excluding diaryl/α,β-unsaturated/α-hetero) is 1. The minimum absolute atomic E-state index is 0.0517. The lowest BCUT2D eigenvalue weighted by Gasteiger charge is -2.59. The average molecular weight is 445 g/mol. The number of ketones is 1. The van der Waals surface area contributed by atoms with E-state index in [0.29, 0.717) is 17.3 Å². The highest BCUT2D eigenvalue weighted by molar-refractivity contribution is 7.86. The van der Waals surface area contributed by atoms with E-state index in [0.717, 1.165) is 30.7 Å². The van der Waals surface area contributed by atoms with Crippen LogP contribution in [0.4, 0.5) is 0 Å². The van der Waals surface area contributed by atoms with Crippen LogP contribution in [0.5, 0.6) is 0 Å². The number of fused-ring (bicyclic) bond motifs is 5. The molecule has 0 spiro atoms. The topological polar surface area (TPSA) is 60.4 Å². The van der Waals surface area contributed by atoms with Crippen molar-refractivity contribution in [1.82, 2.24) is 0 Å². The number of hydrogen-bond acceptors (Lipinski definition) is 4. The van der Waals surface area contributed by atoms with Gasteiger partial charge in [-0.3, -0.25) is 8.98 Å². The van der Waals surface area contributed by atoms with Crippen LogP contribution in [0.25, 0.3) is 0 Å². The van der Waals surface area contributed by atoms with E-state index in [1.54, 1.807) is 24.3 Å². The van der Waals surface area contributed by atoms with Crippen molar-refractivity contribution in [2.75, 3.05) is 0 Å². The fraction of sp³-hybridized carbons (Fsp3) is 0.731. The Bertz CT molecular complexity index is 968. The summed E-state index contributed by atoms with van der Waals surface area (Å²) in [5.41, 5.74) is 0.982. The third kappa shape index (κ3) is 3.33. The SMILES string of the molecule is Cc1ccc(S(=O)(=O)O[C@H]2CC(=O)[C@H]3[C@@H]4CC[C@H]5CCCC[C@]5(C)[C@H]4CC[C@]23C)cc1. The van der Waals surface area contributed by atoms with Crippen LogP contribution in [0, 0.1) is 41.4 Å². The van der Waals surface area contributed by atoms with Crippen LogP contribution >= 0.6 is 0 Å². The average Bonchev–Trinajstić information content (AvgIpc) is 2.97. The lowest BCUT2D eigenvalue weighted by Crippen LogP contribution is -2.54. The Morgan fingerprint density at radius 3 is 2.42 bits per heavy atom. The molecule has 170 valence electrons. The number of carbonyl (C=O) groups is 1. The van der Waals surface area contributed by atoms with Gasteiger partial charge in [0.1, 0.15) is 5.78 Å². The van der Waals surface area contributed by atoms with Gasteiger partial charge in [0.15, 0.2) is 0 Å². The van der Waals surface area contributed by atoms with E-state index in [1.165, 1.54) is 32.1 Å². The molecule has 0 unspecified atom stereocenters. The Hall–Kier alpha value is -1.20. The molecule has 31 heavy (non-hydrogen) atoms. The van der Waals surface area contributed by atoms with Crippen LogP contribution in [0.2, 0.25) is 0 Å². The van der Waals surface area contributed by atoms with E-state index in [2.05, 4.69) is 13.8 Å². The first-order chi connectivity index (χ1) is 14.6. The van der Waals surface area contributed by atoms with Crippen molar-refractivity contribution in [3.05, 3.63) is 29.8 Å². The summed E-state index contributed by atoms with van der Waals surface area (Å²) in [5, 5.41) is 0. The van der Waals surface area contributed by atoms with Crippen LogP contribution in [-0.2, 0) is 19.1 Å². The molecule has 5 rings (SSSR count). The van der Waals surface area contributed by atoms with E-state index in [4.69, 9.17) is 4.18 Å². The van der Waals surface area contributed by atoms with Crippen molar-refractivity contribution in [2.45, 2.75) is 89.6 Å². The maximum Gasteiger partial charge on any atom is 0.297 e. The van der Waals surface area contributed by atoms with Gasteiger partial charge in [-0.05, 0) is 80.8 Å². The smallest absolute Gasteiger partial charge is 0.297 e. The number of hydrogen-bond donors (Lipinski definition) is 0. The summed E-state index contributed by atoms with van der Waals surface area (Å²) in [6, 6.07) is 6.77. The second-order valence-electron chi connectivity index (χ2n) is 11.3. The number of aryl methyl sites for hydroxylation is 1. The molecule has 0 saturated heterocycles. The molecular weight excluding hydrogens is 408 g/mol. The van der Waals surface area contributed by atoms with Crippen LogP contribution in [0.3, 0.4) is 0 Å². The third-order valence-electron chi connectivity index (χ3n) is 9.82. The molecule has 7 atom stereocenters. The molecule has 4 saturated carbocycles. The minimum Gasteiger partial charge on any atom is -0.299 e. The zero-order valence-corrected chi connectivity index (χ0v) is 19.9. The molecule has 0 aromatic heterocycles. The molecule has 1 aromatic carbocycles. The predicted octanol–water partition coefficient (Wildman–Crippen LogP) is 5.68. The molecule has 4 nitrogen and oxygen atoms in total. The molecule has 0 amide bonds. The van der Waals surface area contributed by atoms with Crippen LogP contribution in [-0.4, -0.2) is 20.3 Å². The monoisotopic (exact) mass is 444 g/mol. The van der Waals surface area contributed by atoms with Crippen LogP contribution in [0.15, 0.2) is 29.2 Å². The number of benzene rings is 1. The molecule has 0 aliphatic heterocycles. The molecule has 0 radical (unpaired) electrons. The predicted molar refractivity (Wildman–Crippen MR) is 120 cm³/mol. The van der Waals surface area contributed by atoms with Gasteiger partial charge in [-0.15, -0.1) is 0 Å². The quantitative estimate of drug-likeness (QED) is 0.563. The molecule has 1 aromatic rings. The summed E-state index contributed by atoms with van der Waals surface area (Å²) in [5.74, 6) is 1.97. The maximum atomic E-state index is 13.3. The lowest BCUT2D eigenvalue weighted by molar-refractivity contribution is -0.141. The normalized spacial score (nSPS) is 42.5. The van der Waals surface area contributed by atoms with Crippen LogP contribution in [0.1, 0.15) is 77.2 Å². The van der Waals surface area contributed by atoms with Crippen molar-refractivity contribution in [3.8, 4) is 0 Å². The van der Waals surface area contributed by atoms with Crippen molar-refractivity contribution < 1.29 is 17.4 Å². The third-order valence-corrected chi connectivity index (χ3v) is 11.2. The fourth-order valence-corrected chi connectivity index (χ4v) is 9.27. The summed E-state index contributed by atoms with van der Waals surface area (Å²) >= 11 is 0. The van der Waals surface area contributed by atoms with Crippen LogP contribution < -0.4 is 0 Å². The number of rotatable bonds is 3. The first-order valence-corrected chi connectivity index (χ1v) is 13.6. The van der Waals surface area contributed by atoms with Crippen molar-refractivity contribution in [1.29, 1.82) is 0 Å². The second-order valence-corrected chi connectivity index (χ2v) is 12.9. The summed E-state index contributed by atoms with van der Waals surface area (Å²) < 4.78 is 31.9. The van der Waals surface area contributed by atoms with E-state index in [9.17, 15) is 13.2 Å². The molecule has 0 bridgehead atoms. The maximum absolute atomic E-state index is 13.3. The van der Waals surface area contributed by atoms with Crippen molar-refractivity contribution in [3.63, 3.8) is 0 Å². The van der Waals surface area contributed by atoms with E-state index < -0.39 is 16.2 Å². The summed E-state index contributed by atoms with van der Waals surface area (Å²) in [6.07, 6.45) is 9.32. The van der Waals surface area contributed by atoms with Gasteiger partial charge in [-0.2, -0.15) is 8.42 Å². The van der Waals surface area contributed by atoms with E-state index in [1.807, 2.05) is 6.92 Å². The first-order valence-electron chi connectivity index (χ1n) is 12.2. The second kappa shape index (κ2) is 7.41. The Morgan fingerprint density at radius 1 is 0.935 bits per heavy atom. The van der Waals surface area contributed by atoms with Gasteiger partial charge in [0.05, 0.1) is 11.0 Å². The molecule has 5 heteroatoms. The Morgan fingerprint density at radius 2 is 1.68 bits per heavy atom. The largest absolute Gasteiger partial charge is 0.299 e. The molecular formula is C26H36O4S. The first kappa shape index (κ1) is 21.6. The summed E-state index contributed by atoms with van der Waals surface area (Å²) in [6.45, 7) is 6.55. The van der Waals surface area contributed by atoms with E-state index in [-0.39, 0.29) is 28.4 Å². The zero-order valence-electron chi connectivity index (χ0n) is 19.1. The number of carbonyl (C=O) groups excluding carboxylic acids is 1. The molecule has 4 fully saturated rings. The standard InChI is InChI=1S/C26H36O4S/c1-17-7-10-19(11-8-17)31(28,29)30-23-16-22(27)24-20-12-9-18-6-4-5-14-25(18,2)21(20)13-15-26(23,24)3/h7-8,10-11,18,20-21,23-24H,4-6,9,12-16H2,1-3H3/t18-,20-,21+,23+,24-,25+,26-/m1/s1. The lowest BCUT2D eigenvalue weighted by atomic mass is 9.45. The van der Waals surface area contributed by atoms with Gasteiger partial charge in [-0.1, -0.05) is 44.4 Å². The minimum atomic E-state index is -3.89. The Balaban J connectivity index is 1.41. The molecule has 0 heterocycles. The summed E-state index contributed by atoms with van der Waals surface area (Å²) in [7, 11) is -3.89. The molecule has 4 aliphatic carbocycles. The van der Waals surface area contributed by atoms with Crippen molar-refractivity contribution >= 4 is 15.9 Å².